The largest absolute Gasteiger partial charge is 0.491 e. The first-order valence-corrected chi connectivity index (χ1v) is 7.56. The van der Waals surface area contributed by atoms with Crippen LogP contribution in [0.4, 0.5) is 0 Å². The Hall–Kier alpha value is -1.11. The minimum absolute atomic E-state index is 0.405. The number of hydrogen-bond acceptors (Lipinski definition) is 4. The van der Waals surface area contributed by atoms with Crippen LogP contribution in [0.2, 0.25) is 0 Å². The van der Waals surface area contributed by atoms with Gasteiger partial charge in [-0.25, -0.2) is 13.1 Å². The number of sulfonamides is 1. The van der Waals surface area contributed by atoms with Crippen molar-refractivity contribution in [3.8, 4) is 5.75 Å². The molecular formula is C12H19NO4S. The van der Waals surface area contributed by atoms with E-state index in [9.17, 15) is 8.42 Å². The van der Waals surface area contributed by atoms with Crippen molar-refractivity contribution in [3.05, 3.63) is 29.8 Å². The smallest absolute Gasteiger partial charge is 0.208 e. The monoisotopic (exact) mass is 273 g/mol. The molecule has 0 fully saturated rings. The first-order valence-electron chi connectivity index (χ1n) is 5.66. The molecule has 0 bridgehead atoms. The van der Waals surface area contributed by atoms with Crippen LogP contribution in [0, 0.1) is 0 Å². The van der Waals surface area contributed by atoms with Gasteiger partial charge in [0.2, 0.25) is 10.0 Å². The van der Waals surface area contributed by atoms with Crippen LogP contribution in [-0.4, -0.2) is 41.5 Å². The number of hydrogen-bond donors (Lipinski definition) is 1. The molecule has 0 radical (unpaired) electrons. The third-order valence-electron chi connectivity index (χ3n) is 2.26. The summed E-state index contributed by atoms with van der Waals surface area (Å²) < 4.78 is 34.5. The molecule has 0 saturated heterocycles. The summed E-state index contributed by atoms with van der Waals surface area (Å²) in [7, 11) is -1.48. The molecule has 0 saturated carbocycles. The zero-order valence-electron chi connectivity index (χ0n) is 10.7. The predicted molar refractivity (Wildman–Crippen MR) is 70.4 cm³/mol. The maximum absolute atomic E-state index is 10.9. The maximum Gasteiger partial charge on any atom is 0.208 e. The van der Waals surface area contributed by atoms with Gasteiger partial charge >= 0.3 is 0 Å². The third kappa shape index (κ3) is 6.58. The molecule has 5 nitrogen and oxygen atoms in total. The summed E-state index contributed by atoms with van der Waals surface area (Å²) in [5, 5.41) is 0. The van der Waals surface area contributed by atoms with Gasteiger partial charge in [-0.05, 0) is 24.1 Å². The van der Waals surface area contributed by atoms with E-state index in [1.165, 1.54) is 0 Å². The zero-order valence-corrected chi connectivity index (χ0v) is 11.5. The molecule has 0 atom stereocenters. The Balaban J connectivity index is 2.36. The predicted octanol–water partition coefficient (Wildman–Crippen LogP) is 0.804. The maximum atomic E-state index is 10.9. The molecule has 1 aromatic carbocycles. The number of ether oxygens (including phenoxy) is 2. The fraction of sp³-hybridized carbons (Fsp3) is 0.500. The van der Waals surface area contributed by atoms with Crippen LogP contribution >= 0.6 is 0 Å². The average molecular weight is 273 g/mol. The van der Waals surface area contributed by atoms with Crippen LogP contribution in [0.25, 0.3) is 0 Å². The van der Waals surface area contributed by atoms with Crippen LogP contribution in [0.15, 0.2) is 24.3 Å². The molecule has 102 valence electrons. The minimum atomic E-state index is -3.11. The van der Waals surface area contributed by atoms with E-state index < -0.39 is 10.0 Å². The number of methoxy groups -OCH3 is 1. The normalized spacial score (nSPS) is 11.4. The third-order valence-corrected chi connectivity index (χ3v) is 2.99. The highest BCUT2D eigenvalue weighted by Crippen LogP contribution is 2.12. The Morgan fingerprint density at radius 1 is 1.17 bits per heavy atom. The van der Waals surface area contributed by atoms with Gasteiger partial charge < -0.3 is 9.47 Å². The second kappa shape index (κ2) is 7.35. The van der Waals surface area contributed by atoms with Gasteiger partial charge in [-0.3, -0.25) is 0 Å². The summed E-state index contributed by atoms with van der Waals surface area (Å²) in [6, 6.07) is 7.58. The molecule has 0 aromatic heterocycles. The van der Waals surface area contributed by atoms with Crippen LogP contribution < -0.4 is 9.46 Å². The van der Waals surface area contributed by atoms with Gasteiger partial charge in [0.1, 0.15) is 12.4 Å². The van der Waals surface area contributed by atoms with E-state index in [0.717, 1.165) is 17.6 Å². The van der Waals surface area contributed by atoms with Gasteiger partial charge in [0.25, 0.3) is 0 Å². The molecular weight excluding hydrogens is 254 g/mol. The van der Waals surface area contributed by atoms with Crippen molar-refractivity contribution in [2.24, 2.45) is 0 Å². The Labute approximate surface area is 108 Å². The van der Waals surface area contributed by atoms with Crippen molar-refractivity contribution in [1.29, 1.82) is 0 Å². The fourth-order valence-corrected chi connectivity index (χ4v) is 1.85. The lowest BCUT2D eigenvalue weighted by atomic mass is 10.1. The topological polar surface area (TPSA) is 64.6 Å². The van der Waals surface area contributed by atoms with Crippen molar-refractivity contribution in [1.82, 2.24) is 4.72 Å². The number of rotatable bonds is 8. The quantitative estimate of drug-likeness (QED) is 0.712. The summed E-state index contributed by atoms with van der Waals surface area (Å²) in [6.45, 7) is 1.48. The lowest BCUT2D eigenvalue weighted by Crippen LogP contribution is -2.24. The lowest BCUT2D eigenvalue weighted by molar-refractivity contribution is 0.146. The van der Waals surface area contributed by atoms with E-state index in [-0.39, 0.29) is 0 Å². The first kappa shape index (κ1) is 14.9. The van der Waals surface area contributed by atoms with Gasteiger partial charge in [-0.15, -0.1) is 0 Å². The fourth-order valence-electron chi connectivity index (χ4n) is 1.38. The van der Waals surface area contributed by atoms with E-state index in [0.29, 0.717) is 26.2 Å². The molecule has 0 aliphatic heterocycles. The second-order valence-corrected chi connectivity index (χ2v) is 5.73. The summed E-state index contributed by atoms with van der Waals surface area (Å²) in [6.07, 6.45) is 1.81. The molecule has 18 heavy (non-hydrogen) atoms. The first-order chi connectivity index (χ1) is 8.51. The van der Waals surface area contributed by atoms with Crippen molar-refractivity contribution >= 4 is 10.0 Å². The van der Waals surface area contributed by atoms with Crippen molar-refractivity contribution in [2.45, 2.75) is 6.42 Å². The van der Waals surface area contributed by atoms with Crippen LogP contribution in [-0.2, 0) is 21.2 Å². The summed E-state index contributed by atoms with van der Waals surface area (Å²) in [5.74, 6) is 0.784. The molecule has 0 spiro atoms. The Morgan fingerprint density at radius 2 is 1.83 bits per heavy atom. The summed E-state index contributed by atoms with van der Waals surface area (Å²) in [5.41, 5.74) is 1.06. The van der Waals surface area contributed by atoms with E-state index in [1.54, 1.807) is 7.11 Å². The van der Waals surface area contributed by atoms with Gasteiger partial charge in [0.05, 0.1) is 12.9 Å². The highest BCUT2D eigenvalue weighted by Gasteiger charge is 2.00. The van der Waals surface area contributed by atoms with Gasteiger partial charge in [-0.2, -0.15) is 0 Å². The molecule has 1 N–H and O–H groups in total. The average Bonchev–Trinajstić information content (AvgIpc) is 2.30. The molecule has 1 rings (SSSR count). The van der Waals surface area contributed by atoms with Crippen molar-refractivity contribution in [3.63, 3.8) is 0 Å². The minimum Gasteiger partial charge on any atom is -0.491 e. The summed E-state index contributed by atoms with van der Waals surface area (Å²) >= 11 is 0. The molecule has 0 aliphatic rings. The molecule has 6 heteroatoms. The van der Waals surface area contributed by atoms with E-state index >= 15 is 0 Å². The van der Waals surface area contributed by atoms with Gasteiger partial charge in [0, 0.05) is 13.7 Å². The molecule has 0 aliphatic carbocycles. The van der Waals surface area contributed by atoms with Crippen LogP contribution in [0.5, 0.6) is 5.75 Å². The SMILES string of the molecule is COCCOc1ccc(CCNS(C)(=O)=O)cc1. The van der Waals surface area contributed by atoms with Crippen LogP contribution in [0.1, 0.15) is 5.56 Å². The Bertz CT molecular complexity index is 442. The standard InChI is InChI=1S/C12H19NO4S/c1-16-9-10-17-12-5-3-11(4-6-12)7-8-13-18(2,14)15/h3-6,13H,7-10H2,1-2H3. The number of nitrogens with one attached hydrogen (secondary N) is 1. The van der Waals surface area contributed by atoms with Crippen molar-refractivity contribution in [2.75, 3.05) is 33.1 Å². The highest BCUT2D eigenvalue weighted by atomic mass is 32.2. The van der Waals surface area contributed by atoms with Gasteiger partial charge in [0.15, 0.2) is 0 Å². The van der Waals surface area contributed by atoms with Gasteiger partial charge in [-0.1, -0.05) is 12.1 Å². The molecule has 1 aromatic rings. The Kier molecular flexibility index (Phi) is 6.11. The zero-order chi connectivity index (χ0) is 13.4. The Morgan fingerprint density at radius 3 is 2.39 bits per heavy atom. The lowest BCUT2D eigenvalue weighted by Gasteiger charge is -2.07. The van der Waals surface area contributed by atoms with Crippen molar-refractivity contribution < 1.29 is 17.9 Å². The summed E-state index contributed by atoms with van der Waals surface area (Å²) in [4.78, 5) is 0. The van der Waals surface area contributed by atoms with E-state index in [2.05, 4.69) is 4.72 Å². The van der Waals surface area contributed by atoms with Crippen LogP contribution in [0.3, 0.4) is 0 Å². The van der Waals surface area contributed by atoms with E-state index in [1.807, 2.05) is 24.3 Å². The molecule has 0 heterocycles. The highest BCUT2D eigenvalue weighted by molar-refractivity contribution is 7.88. The molecule has 0 amide bonds. The number of benzene rings is 1. The molecule has 0 unspecified atom stereocenters. The van der Waals surface area contributed by atoms with E-state index in [4.69, 9.17) is 9.47 Å². The second-order valence-electron chi connectivity index (χ2n) is 3.90.